The minimum atomic E-state index is -0.0485. The number of nitrogens with one attached hydrogen (secondary N) is 3. The van der Waals surface area contributed by atoms with E-state index in [-0.39, 0.29) is 29.9 Å². The average Bonchev–Trinajstić information content (AvgIpc) is 2.71. The van der Waals surface area contributed by atoms with Crippen molar-refractivity contribution in [3.63, 3.8) is 0 Å². The Morgan fingerprint density at radius 1 is 1.31 bits per heavy atom. The number of rotatable bonds is 8. The first-order valence-corrected chi connectivity index (χ1v) is 10.6. The van der Waals surface area contributed by atoms with Gasteiger partial charge in [0.1, 0.15) is 0 Å². The van der Waals surface area contributed by atoms with Gasteiger partial charge in [-0.3, -0.25) is 9.79 Å². The van der Waals surface area contributed by atoms with Crippen molar-refractivity contribution in [2.75, 3.05) is 39.8 Å². The number of carbonyl (C=O) groups excluding carboxylic acids is 1. The zero-order valence-corrected chi connectivity index (χ0v) is 20.7. The number of guanidine groups is 1. The fraction of sp³-hybridized carbons (Fsp3) is 0.636. The molecule has 1 aromatic rings. The van der Waals surface area contributed by atoms with E-state index in [1.807, 2.05) is 18.2 Å². The van der Waals surface area contributed by atoms with Crippen LogP contribution < -0.4 is 16.0 Å². The van der Waals surface area contributed by atoms with Gasteiger partial charge in [-0.1, -0.05) is 12.1 Å². The second-order valence-corrected chi connectivity index (χ2v) is 7.77. The summed E-state index contributed by atoms with van der Waals surface area (Å²) in [6.45, 7) is 11.5. The number of nitrogens with zero attached hydrogens (tertiary/aromatic N) is 2. The fourth-order valence-electron chi connectivity index (χ4n) is 3.62. The summed E-state index contributed by atoms with van der Waals surface area (Å²) in [6.07, 6.45) is 3.38. The molecule has 0 aromatic heterocycles. The van der Waals surface area contributed by atoms with Crippen molar-refractivity contribution in [2.24, 2.45) is 10.9 Å². The van der Waals surface area contributed by atoms with Crippen molar-refractivity contribution in [3.05, 3.63) is 35.4 Å². The van der Waals surface area contributed by atoms with Gasteiger partial charge in [0, 0.05) is 44.8 Å². The smallest absolute Gasteiger partial charge is 0.251 e. The van der Waals surface area contributed by atoms with Gasteiger partial charge >= 0.3 is 0 Å². The van der Waals surface area contributed by atoms with Crippen LogP contribution in [0, 0.1) is 5.92 Å². The van der Waals surface area contributed by atoms with E-state index in [2.05, 4.69) is 47.7 Å². The first-order chi connectivity index (χ1) is 13.5. The van der Waals surface area contributed by atoms with Crippen LogP contribution in [0.4, 0.5) is 0 Å². The highest BCUT2D eigenvalue weighted by Crippen LogP contribution is 2.18. The minimum absolute atomic E-state index is 0. The molecule has 1 unspecified atom stereocenters. The van der Waals surface area contributed by atoms with Gasteiger partial charge in [0.05, 0.1) is 0 Å². The molecule has 6 nitrogen and oxygen atoms in total. The summed E-state index contributed by atoms with van der Waals surface area (Å²) in [5, 5.41) is 9.44. The predicted octanol–water partition coefficient (Wildman–Crippen LogP) is 2.88. The summed E-state index contributed by atoms with van der Waals surface area (Å²) in [7, 11) is 1.66. The number of likely N-dealkylation sites (tertiary alicyclic amines) is 1. The average molecular weight is 515 g/mol. The zero-order valence-electron chi connectivity index (χ0n) is 18.3. The molecule has 1 saturated heterocycles. The summed E-state index contributed by atoms with van der Waals surface area (Å²) >= 11 is 0. The summed E-state index contributed by atoms with van der Waals surface area (Å²) in [6, 6.07) is 8.39. The number of carbonyl (C=O) groups is 1. The van der Waals surface area contributed by atoms with Crippen LogP contribution >= 0.6 is 24.0 Å². The maximum atomic E-state index is 11.8. The van der Waals surface area contributed by atoms with Gasteiger partial charge in [-0.25, -0.2) is 0 Å². The molecule has 0 aliphatic carbocycles. The Morgan fingerprint density at radius 3 is 2.79 bits per heavy atom. The van der Waals surface area contributed by atoms with Crippen LogP contribution in [0.15, 0.2) is 29.3 Å². The molecular formula is C22H38IN5O. The maximum absolute atomic E-state index is 11.8. The largest absolute Gasteiger partial charge is 0.357 e. The van der Waals surface area contributed by atoms with E-state index >= 15 is 0 Å². The fourth-order valence-corrected chi connectivity index (χ4v) is 3.62. The molecule has 1 aromatic carbocycles. The van der Waals surface area contributed by atoms with Gasteiger partial charge in [-0.15, -0.1) is 24.0 Å². The highest BCUT2D eigenvalue weighted by Gasteiger charge is 2.21. The lowest BCUT2D eigenvalue weighted by Gasteiger charge is -2.34. The molecule has 7 heteroatoms. The Morgan fingerprint density at radius 2 is 2.10 bits per heavy atom. The number of aliphatic imine (C=N–C) groups is 1. The molecule has 2 rings (SSSR count). The Balaban J connectivity index is 0.00000420. The Kier molecular flexibility index (Phi) is 12.2. The number of piperidine rings is 1. The molecule has 1 heterocycles. The lowest BCUT2D eigenvalue weighted by molar-refractivity contribution is 0.0963. The first kappa shape index (κ1) is 25.7. The molecule has 0 spiro atoms. The Labute approximate surface area is 193 Å². The Bertz CT molecular complexity index is 650. The number of hydrogen-bond donors (Lipinski definition) is 3. The molecule has 3 N–H and O–H groups in total. The monoisotopic (exact) mass is 515 g/mol. The summed E-state index contributed by atoms with van der Waals surface area (Å²) < 4.78 is 0. The normalized spacial score (nSPS) is 17.6. The van der Waals surface area contributed by atoms with Gasteiger partial charge in [0.2, 0.25) is 0 Å². The topological polar surface area (TPSA) is 68.8 Å². The minimum Gasteiger partial charge on any atom is -0.357 e. The molecule has 1 fully saturated rings. The molecule has 0 bridgehead atoms. The van der Waals surface area contributed by atoms with E-state index in [1.54, 1.807) is 7.05 Å². The van der Waals surface area contributed by atoms with Crippen molar-refractivity contribution in [1.82, 2.24) is 20.9 Å². The number of halogens is 1. The maximum Gasteiger partial charge on any atom is 0.251 e. The molecule has 29 heavy (non-hydrogen) atoms. The summed E-state index contributed by atoms with van der Waals surface area (Å²) in [5.74, 6) is 1.47. The van der Waals surface area contributed by atoms with Crippen LogP contribution in [0.2, 0.25) is 0 Å². The SMILES string of the molecule is CCNC(=NCC1CCCN(C(C)C)C1)NCCc1cccc(C(=O)NC)c1.I. The van der Waals surface area contributed by atoms with E-state index in [0.29, 0.717) is 17.5 Å². The molecule has 164 valence electrons. The third-order valence-corrected chi connectivity index (χ3v) is 5.25. The molecule has 1 atom stereocenters. The lowest BCUT2D eigenvalue weighted by Crippen LogP contribution is -2.42. The van der Waals surface area contributed by atoms with Crippen molar-refractivity contribution < 1.29 is 4.79 Å². The first-order valence-electron chi connectivity index (χ1n) is 10.6. The van der Waals surface area contributed by atoms with Crippen LogP contribution in [0.25, 0.3) is 0 Å². The summed E-state index contributed by atoms with van der Waals surface area (Å²) in [5.41, 5.74) is 1.84. The second-order valence-electron chi connectivity index (χ2n) is 7.77. The van der Waals surface area contributed by atoms with E-state index < -0.39 is 0 Å². The number of benzene rings is 1. The lowest BCUT2D eigenvalue weighted by atomic mass is 9.97. The van der Waals surface area contributed by atoms with Crippen LogP contribution in [-0.2, 0) is 6.42 Å². The molecule has 1 aliphatic rings. The van der Waals surface area contributed by atoms with Crippen molar-refractivity contribution >= 4 is 35.8 Å². The third-order valence-electron chi connectivity index (χ3n) is 5.25. The van der Waals surface area contributed by atoms with Crippen LogP contribution in [-0.4, -0.2) is 62.6 Å². The molecule has 0 saturated carbocycles. The highest BCUT2D eigenvalue weighted by molar-refractivity contribution is 14.0. The number of hydrogen-bond acceptors (Lipinski definition) is 3. The summed E-state index contributed by atoms with van der Waals surface area (Å²) in [4.78, 5) is 19.2. The van der Waals surface area contributed by atoms with Crippen LogP contribution in [0.5, 0.6) is 0 Å². The van der Waals surface area contributed by atoms with E-state index in [4.69, 9.17) is 4.99 Å². The van der Waals surface area contributed by atoms with E-state index in [1.165, 1.54) is 19.4 Å². The molecule has 1 aliphatic heterocycles. The van der Waals surface area contributed by atoms with Gasteiger partial charge < -0.3 is 20.9 Å². The van der Waals surface area contributed by atoms with Crippen molar-refractivity contribution in [2.45, 2.75) is 46.1 Å². The van der Waals surface area contributed by atoms with Gasteiger partial charge in [0.25, 0.3) is 5.91 Å². The predicted molar refractivity (Wildman–Crippen MR) is 132 cm³/mol. The Hall–Kier alpha value is -1.35. The van der Waals surface area contributed by atoms with Crippen LogP contribution in [0.1, 0.15) is 49.5 Å². The third kappa shape index (κ3) is 8.90. The van der Waals surface area contributed by atoms with Crippen molar-refractivity contribution in [1.29, 1.82) is 0 Å². The van der Waals surface area contributed by atoms with Crippen LogP contribution in [0.3, 0.4) is 0 Å². The van der Waals surface area contributed by atoms with Gasteiger partial charge in [-0.2, -0.15) is 0 Å². The van der Waals surface area contributed by atoms with Gasteiger partial charge in [0.15, 0.2) is 5.96 Å². The highest BCUT2D eigenvalue weighted by atomic mass is 127. The molecule has 0 radical (unpaired) electrons. The van der Waals surface area contributed by atoms with Gasteiger partial charge in [-0.05, 0) is 70.2 Å². The van der Waals surface area contributed by atoms with E-state index in [9.17, 15) is 4.79 Å². The molecular weight excluding hydrogens is 477 g/mol. The quantitative estimate of drug-likeness (QED) is 0.283. The standard InChI is InChI=1S/C22H37N5O.HI/c1-5-24-22(26-15-19-9-7-13-27(16-19)17(2)3)25-12-11-18-8-6-10-20(14-18)21(28)23-4;/h6,8,10,14,17,19H,5,7,9,11-13,15-16H2,1-4H3,(H,23,28)(H2,24,25,26);1H. The zero-order chi connectivity index (χ0) is 20.4. The van der Waals surface area contributed by atoms with Crippen molar-refractivity contribution in [3.8, 4) is 0 Å². The van der Waals surface area contributed by atoms with E-state index in [0.717, 1.165) is 44.1 Å². The molecule has 1 amide bonds. The number of amides is 1. The second kappa shape index (κ2) is 13.8.